The van der Waals surface area contributed by atoms with Crippen molar-refractivity contribution in [3.8, 4) is 0 Å². The first-order valence-electron chi connectivity index (χ1n) is 6.64. The molecule has 0 saturated heterocycles. The summed E-state index contributed by atoms with van der Waals surface area (Å²) in [6, 6.07) is 10.9. The summed E-state index contributed by atoms with van der Waals surface area (Å²) in [5.74, 6) is 0.347. The number of nitrogens with one attached hydrogen (secondary N) is 1. The van der Waals surface area contributed by atoms with Gasteiger partial charge in [-0.1, -0.05) is 37.6 Å². The van der Waals surface area contributed by atoms with Gasteiger partial charge in [0.25, 0.3) is 0 Å². The molecule has 0 fully saturated rings. The van der Waals surface area contributed by atoms with E-state index in [9.17, 15) is 4.79 Å². The molecule has 1 heterocycles. The summed E-state index contributed by atoms with van der Waals surface area (Å²) in [6.07, 6.45) is 2.14. The predicted octanol–water partition coefficient (Wildman–Crippen LogP) is 3.52. The predicted molar refractivity (Wildman–Crippen MR) is 86.2 cm³/mol. The van der Waals surface area contributed by atoms with Gasteiger partial charge >= 0.3 is 0 Å². The molecular weight excluding hydrogens is 286 g/mol. The van der Waals surface area contributed by atoms with Crippen molar-refractivity contribution in [3.05, 3.63) is 53.2 Å². The van der Waals surface area contributed by atoms with E-state index < -0.39 is 5.41 Å². The molecule has 0 saturated carbocycles. The summed E-state index contributed by atoms with van der Waals surface area (Å²) < 4.78 is 0. The minimum absolute atomic E-state index is 0.0750. The summed E-state index contributed by atoms with van der Waals surface area (Å²) in [6.45, 7) is 3.79. The van der Waals surface area contributed by atoms with Crippen molar-refractivity contribution in [3.63, 3.8) is 0 Å². The quantitative estimate of drug-likeness (QED) is 0.908. The van der Waals surface area contributed by atoms with Crippen LogP contribution >= 0.6 is 11.6 Å². The fourth-order valence-corrected chi connectivity index (χ4v) is 2.23. The van der Waals surface area contributed by atoms with Crippen LogP contribution in [0.1, 0.15) is 19.4 Å². The van der Waals surface area contributed by atoms with Crippen LogP contribution < -0.4 is 11.1 Å². The number of benzene rings is 1. The molecule has 1 aromatic heterocycles. The van der Waals surface area contributed by atoms with Crippen LogP contribution in [-0.4, -0.2) is 10.9 Å². The number of amides is 1. The Balaban J connectivity index is 2.07. The topological polar surface area (TPSA) is 68.0 Å². The molecule has 0 aliphatic heterocycles. The third-order valence-electron chi connectivity index (χ3n) is 3.19. The van der Waals surface area contributed by atoms with Gasteiger partial charge in [-0.2, -0.15) is 0 Å². The Morgan fingerprint density at radius 2 is 2.10 bits per heavy atom. The summed E-state index contributed by atoms with van der Waals surface area (Å²) in [5, 5.41) is 3.53. The second-order valence-electron chi connectivity index (χ2n) is 5.62. The second-order valence-corrected chi connectivity index (χ2v) is 6.05. The van der Waals surface area contributed by atoms with Crippen LogP contribution in [0.2, 0.25) is 5.02 Å². The smallest absolute Gasteiger partial charge is 0.230 e. The van der Waals surface area contributed by atoms with Gasteiger partial charge in [0.1, 0.15) is 5.82 Å². The highest BCUT2D eigenvalue weighted by atomic mass is 35.5. The van der Waals surface area contributed by atoms with Crippen LogP contribution in [0, 0.1) is 5.41 Å². The first kappa shape index (κ1) is 15.3. The maximum atomic E-state index is 12.4. The molecule has 0 atom stereocenters. The van der Waals surface area contributed by atoms with Crippen LogP contribution in [-0.2, 0) is 11.2 Å². The molecule has 0 unspecified atom stereocenters. The standard InChI is InChI=1S/C16H18ClN3O/c1-16(2,9-11-4-3-5-12(17)8-11)15(21)20-13-6-7-14(18)19-10-13/h3-8,10H,9H2,1-2H3,(H2,18,19)(H,20,21). The fraction of sp³-hybridized carbons (Fsp3) is 0.250. The molecule has 21 heavy (non-hydrogen) atoms. The molecule has 0 bridgehead atoms. The Labute approximate surface area is 129 Å². The molecule has 3 N–H and O–H groups in total. The van der Waals surface area contributed by atoms with Crippen molar-refractivity contribution in [2.45, 2.75) is 20.3 Å². The molecule has 4 nitrogen and oxygen atoms in total. The molecule has 0 aliphatic rings. The minimum atomic E-state index is -0.563. The molecule has 0 aliphatic carbocycles. The van der Waals surface area contributed by atoms with E-state index in [-0.39, 0.29) is 5.91 Å². The third-order valence-corrected chi connectivity index (χ3v) is 3.43. The zero-order valence-electron chi connectivity index (χ0n) is 12.1. The maximum absolute atomic E-state index is 12.4. The number of nitrogen functional groups attached to an aromatic ring is 1. The van der Waals surface area contributed by atoms with Gasteiger partial charge in [-0.15, -0.1) is 0 Å². The van der Waals surface area contributed by atoms with E-state index >= 15 is 0 Å². The van der Waals surface area contributed by atoms with Crippen LogP contribution in [0.25, 0.3) is 0 Å². The maximum Gasteiger partial charge on any atom is 0.230 e. The molecular formula is C16H18ClN3O. The Morgan fingerprint density at radius 3 is 2.71 bits per heavy atom. The van der Waals surface area contributed by atoms with E-state index in [0.717, 1.165) is 5.56 Å². The van der Waals surface area contributed by atoms with E-state index in [2.05, 4.69) is 10.3 Å². The lowest BCUT2D eigenvalue weighted by Crippen LogP contribution is -2.32. The van der Waals surface area contributed by atoms with Gasteiger partial charge < -0.3 is 11.1 Å². The number of pyridine rings is 1. The van der Waals surface area contributed by atoms with Gasteiger partial charge in [0, 0.05) is 10.4 Å². The van der Waals surface area contributed by atoms with Crippen LogP contribution in [0.15, 0.2) is 42.6 Å². The fourth-order valence-electron chi connectivity index (χ4n) is 2.02. The lowest BCUT2D eigenvalue weighted by atomic mass is 9.85. The van der Waals surface area contributed by atoms with Gasteiger partial charge in [0.2, 0.25) is 5.91 Å². The number of hydrogen-bond donors (Lipinski definition) is 2. The Bertz CT molecular complexity index is 638. The second kappa shape index (κ2) is 6.14. The van der Waals surface area contributed by atoms with Crippen molar-refractivity contribution in [1.29, 1.82) is 0 Å². The lowest BCUT2D eigenvalue weighted by Gasteiger charge is -2.23. The average molecular weight is 304 g/mol. The van der Waals surface area contributed by atoms with E-state index in [1.54, 1.807) is 18.3 Å². The van der Waals surface area contributed by atoms with Crippen molar-refractivity contribution in [2.75, 3.05) is 11.1 Å². The summed E-state index contributed by atoms with van der Waals surface area (Å²) >= 11 is 5.98. The highest BCUT2D eigenvalue weighted by Crippen LogP contribution is 2.25. The molecule has 5 heteroatoms. The SMILES string of the molecule is CC(C)(Cc1cccc(Cl)c1)C(=O)Nc1ccc(N)nc1. The molecule has 0 spiro atoms. The minimum Gasteiger partial charge on any atom is -0.384 e. The molecule has 110 valence electrons. The summed E-state index contributed by atoms with van der Waals surface area (Å²) in [7, 11) is 0. The van der Waals surface area contributed by atoms with Crippen molar-refractivity contribution in [2.24, 2.45) is 5.41 Å². The average Bonchev–Trinajstić information content (AvgIpc) is 2.41. The van der Waals surface area contributed by atoms with E-state index in [1.807, 2.05) is 38.1 Å². The van der Waals surface area contributed by atoms with Crippen molar-refractivity contribution >= 4 is 29.0 Å². The monoisotopic (exact) mass is 303 g/mol. The number of anilines is 2. The van der Waals surface area contributed by atoms with Crippen LogP contribution in [0.5, 0.6) is 0 Å². The third kappa shape index (κ3) is 4.20. The number of aromatic nitrogens is 1. The molecule has 1 amide bonds. The molecule has 0 radical (unpaired) electrons. The van der Waals surface area contributed by atoms with Gasteiger partial charge in [-0.05, 0) is 36.2 Å². The number of carbonyl (C=O) groups excluding carboxylic acids is 1. The first-order valence-corrected chi connectivity index (χ1v) is 7.02. The number of rotatable bonds is 4. The van der Waals surface area contributed by atoms with E-state index in [4.69, 9.17) is 17.3 Å². The largest absolute Gasteiger partial charge is 0.384 e. The number of hydrogen-bond acceptors (Lipinski definition) is 3. The Hall–Kier alpha value is -2.07. The zero-order chi connectivity index (χ0) is 15.5. The van der Waals surface area contributed by atoms with Gasteiger partial charge in [0.05, 0.1) is 11.9 Å². The number of halogens is 1. The summed E-state index contributed by atoms with van der Waals surface area (Å²) in [5.41, 5.74) is 6.62. The normalized spacial score (nSPS) is 11.2. The lowest BCUT2D eigenvalue weighted by molar-refractivity contribution is -0.123. The Morgan fingerprint density at radius 1 is 1.33 bits per heavy atom. The number of nitrogens with zero attached hydrogens (tertiary/aromatic N) is 1. The zero-order valence-corrected chi connectivity index (χ0v) is 12.8. The highest BCUT2D eigenvalue weighted by Gasteiger charge is 2.28. The van der Waals surface area contributed by atoms with Crippen LogP contribution in [0.4, 0.5) is 11.5 Å². The number of nitrogens with two attached hydrogens (primary N) is 1. The van der Waals surface area contributed by atoms with Crippen molar-refractivity contribution < 1.29 is 4.79 Å². The van der Waals surface area contributed by atoms with E-state index in [0.29, 0.717) is 22.9 Å². The number of carbonyl (C=O) groups is 1. The molecule has 2 rings (SSSR count). The van der Waals surface area contributed by atoms with Crippen molar-refractivity contribution in [1.82, 2.24) is 4.98 Å². The van der Waals surface area contributed by atoms with Gasteiger partial charge in [0.15, 0.2) is 0 Å². The van der Waals surface area contributed by atoms with Crippen LogP contribution in [0.3, 0.4) is 0 Å². The molecule has 2 aromatic rings. The Kier molecular flexibility index (Phi) is 4.48. The highest BCUT2D eigenvalue weighted by molar-refractivity contribution is 6.30. The van der Waals surface area contributed by atoms with Gasteiger partial charge in [-0.3, -0.25) is 4.79 Å². The molecule has 1 aromatic carbocycles. The first-order chi connectivity index (χ1) is 9.87. The van der Waals surface area contributed by atoms with E-state index in [1.165, 1.54) is 0 Å². The summed E-state index contributed by atoms with van der Waals surface area (Å²) in [4.78, 5) is 16.4. The van der Waals surface area contributed by atoms with Gasteiger partial charge in [-0.25, -0.2) is 4.98 Å².